The van der Waals surface area contributed by atoms with Gasteiger partial charge >= 0.3 is 6.09 Å². The predicted molar refractivity (Wildman–Crippen MR) is 97.4 cm³/mol. The molecule has 0 saturated carbocycles. The van der Waals surface area contributed by atoms with Crippen LogP contribution in [0, 0.1) is 5.41 Å². The van der Waals surface area contributed by atoms with Crippen molar-refractivity contribution in [3.63, 3.8) is 0 Å². The van der Waals surface area contributed by atoms with Crippen molar-refractivity contribution in [2.45, 2.75) is 0 Å². The molecule has 0 saturated heterocycles. The van der Waals surface area contributed by atoms with E-state index in [1.165, 1.54) is 19.1 Å². The van der Waals surface area contributed by atoms with Crippen molar-refractivity contribution in [3.8, 4) is 11.5 Å². The van der Waals surface area contributed by atoms with E-state index < -0.39 is 6.09 Å². The summed E-state index contributed by atoms with van der Waals surface area (Å²) in [5, 5.41) is 8.42. The summed E-state index contributed by atoms with van der Waals surface area (Å²) in [6.45, 7) is -0.125. The van der Waals surface area contributed by atoms with Crippen LogP contribution >= 0.6 is 11.8 Å². The summed E-state index contributed by atoms with van der Waals surface area (Å²) in [6.07, 6.45) is 0.931. The second-order valence-corrected chi connectivity index (χ2v) is 5.70. The van der Waals surface area contributed by atoms with E-state index in [1.807, 2.05) is 0 Å². The molecular weight excluding hydrogens is 346 g/mol. The summed E-state index contributed by atoms with van der Waals surface area (Å²) >= 11 is 1.15. The highest BCUT2D eigenvalue weighted by Gasteiger charge is 2.15. The van der Waals surface area contributed by atoms with Crippen LogP contribution in [0.5, 0.6) is 11.5 Å². The molecule has 0 aliphatic heterocycles. The minimum atomic E-state index is -0.775. The minimum absolute atomic E-state index is 0.0483. The number of nitrogens with one attached hydrogen (secondary N) is 1. The fourth-order valence-electron chi connectivity index (χ4n) is 1.67. The van der Waals surface area contributed by atoms with Crippen molar-refractivity contribution in [3.05, 3.63) is 23.8 Å². The van der Waals surface area contributed by atoms with Gasteiger partial charge in [0.15, 0.2) is 18.1 Å². The van der Waals surface area contributed by atoms with Gasteiger partial charge in [-0.25, -0.2) is 4.79 Å². The van der Waals surface area contributed by atoms with Gasteiger partial charge in [-0.05, 0) is 24.5 Å². The number of thioether (sulfide) groups is 1. The number of nitrogens with zero attached hydrogens (tertiary/aromatic N) is 2. The Labute approximate surface area is 150 Å². The number of aliphatic imine (C=N–C) groups is 1. The lowest BCUT2D eigenvalue weighted by Gasteiger charge is -2.14. The van der Waals surface area contributed by atoms with Crippen LogP contribution in [0.3, 0.4) is 0 Å². The zero-order valence-electron chi connectivity index (χ0n) is 14.8. The molecule has 0 atom stereocenters. The predicted octanol–water partition coefficient (Wildman–Crippen LogP) is 2.06. The number of rotatable bonds is 6. The first-order valence-corrected chi connectivity index (χ1v) is 8.37. The number of hydrogen-bond acceptors (Lipinski definition) is 7. The smallest absolute Gasteiger partial charge is 0.434 e. The SMILES string of the molecule is COC(=O)N=C(SC)C(=N)c1ccc(OCC(=O)N(C)C)c(OC)c1. The molecule has 136 valence electrons. The van der Waals surface area contributed by atoms with E-state index in [0.717, 1.165) is 11.8 Å². The minimum Gasteiger partial charge on any atom is -0.493 e. The van der Waals surface area contributed by atoms with Crippen molar-refractivity contribution in [1.82, 2.24) is 4.90 Å². The second-order valence-electron chi connectivity index (χ2n) is 4.91. The summed E-state index contributed by atoms with van der Waals surface area (Å²) in [5.41, 5.74) is 0.534. The molecule has 1 aromatic rings. The number of carbonyl (C=O) groups excluding carboxylic acids is 2. The topological polar surface area (TPSA) is 101 Å². The molecule has 0 unspecified atom stereocenters. The number of ether oxygens (including phenoxy) is 3. The molecule has 0 bridgehead atoms. The lowest BCUT2D eigenvalue weighted by atomic mass is 10.1. The van der Waals surface area contributed by atoms with Crippen molar-refractivity contribution >= 4 is 34.5 Å². The highest BCUT2D eigenvalue weighted by Crippen LogP contribution is 2.29. The van der Waals surface area contributed by atoms with Crippen molar-refractivity contribution in [2.75, 3.05) is 41.2 Å². The molecule has 0 radical (unpaired) electrons. The van der Waals surface area contributed by atoms with Gasteiger partial charge in [0.25, 0.3) is 5.91 Å². The average Bonchev–Trinajstić information content (AvgIpc) is 2.62. The first kappa shape index (κ1) is 20.5. The lowest BCUT2D eigenvalue weighted by Crippen LogP contribution is -2.27. The molecule has 0 aliphatic rings. The maximum atomic E-state index is 11.6. The molecule has 0 aliphatic carbocycles. The molecule has 8 nitrogen and oxygen atoms in total. The molecule has 0 heterocycles. The Morgan fingerprint density at radius 3 is 2.44 bits per heavy atom. The number of likely N-dealkylation sites (N-methyl/N-ethyl adjacent to an activating group) is 1. The van der Waals surface area contributed by atoms with Crippen LogP contribution in [0.15, 0.2) is 23.2 Å². The fourth-order valence-corrected chi connectivity index (χ4v) is 2.15. The molecule has 1 aromatic carbocycles. The lowest BCUT2D eigenvalue weighted by molar-refractivity contribution is -0.130. The number of benzene rings is 1. The average molecular weight is 367 g/mol. The van der Waals surface area contributed by atoms with E-state index in [9.17, 15) is 9.59 Å². The third-order valence-electron chi connectivity index (χ3n) is 3.08. The number of methoxy groups -OCH3 is 2. The van der Waals surface area contributed by atoms with E-state index in [4.69, 9.17) is 14.9 Å². The molecule has 1 N–H and O–H groups in total. The zero-order valence-corrected chi connectivity index (χ0v) is 15.6. The van der Waals surface area contributed by atoms with Gasteiger partial charge in [0.2, 0.25) is 0 Å². The van der Waals surface area contributed by atoms with Gasteiger partial charge in [0, 0.05) is 19.7 Å². The van der Waals surface area contributed by atoms with Crippen molar-refractivity contribution in [1.29, 1.82) is 5.41 Å². The van der Waals surface area contributed by atoms with Crippen LogP contribution in [0.25, 0.3) is 0 Å². The summed E-state index contributed by atoms with van der Waals surface area (Å²) in [7, 11) is 5.95. The summed E-state index contributed by atoms with van der Waals surface area (Å²) < 4.78 is 15.2. The Bertz CT molecular complexity index is 688. The second kappa shape index (κ2) is 9.67. The summed E-state index contributed by atoms with van der Waals surface area (Å²) in [5.74, 6) is 0.561. The van der Waals surface area contributed by atoms with Gasteiger partial charge in [0.1, 0.15) is 5.04 Å². The highest BCUT2D eigenvalue weighted by atomic mass is 32.2. The van der Waals surface area contributed by atoms with Crippen molar-refractivity contribution < 1.29 is 23.8 Å². The van der Waals surface area contributed by atoms with Crippen LogP contribution in [0.1, 0.15) is 5.56 Å². The van der Waals surface area contributed by atoms with Crippen LogP contribution < -0.4 is 9.47 Å². The quantitative estimate of drug-likeness (QED) is 0.610. The molecule has 1 rings (SSSR count). The van der Waals surface area contributed by atoms with E-state index >= 15 is 0 Å². The summed E-state index contributed by atoms with van der Waals surface area (Å²) in [6, 6.07) is 4.81. The Morgan fingerprint density at radius 2 is 1.92 bits per heavy atom. The van der Waals surface area contributed by atoms with E-state index in [0.29, 0.717) is 17.1 Å². The Kier molecular flexibility index (Phi) is 7.93. The largest absolute Gasteiger partial charge is 0.493 e. The Balaban J connectivity index is 3.03. The molecule has 2 amide bonds. The number of amides is 2. The normalized spacial score (nSPS) is 10.8. The van der Waals surface area contributed by atoms with Gasteiger partial charge in [-0.3, -0.25) is 10.2 Å². The Hall–Kier alpha value is -2.55. The maximum absolute atomic E-state index is 11.6. The van der Waals surface area contributed by atoms with Gasteiger partial charge in [-0.15, -0.1) is 11.8 Å². The van der Waals surface area contributed by atoms with Crippen LogP contribution in [0.4, 0.5) is 4.79 Å². The van der Waals surface area contributed by atoms with Gasteiger partial charge in [0.05, 0.1) is 19.9 Å². The number of hydrogen-bond donors (Lipinski definition) is 1. The van der Waals surface area contributed by atoms with E-state index in [-0.39, 0.29) is 23.3 Å². The van der Waals surface area contributed by atoms with E-state index in [2.05, 4.69) is 9.73 Å². The monoisotopic (exact) mass is 367 g/mol. The van der Waals surface area contributed by atoms with Gasteiger partial charge in [-0.1, -0.05) is 0 Å². The molecule has 9 heteroatoms. The van der Waals surface area contributed by atoms with Gasteiger partial charge in [-0.2, -0.15) is 4.99 Å². The first-order valence-electron chi connectivity index (χ1n) is 7.14. The first-order chi connectivity index (χ1) is 11.8. The van der Waals surface area contributed by atoms with E-state index in [1.54, 1.807) is 38.6 Å². The third-order valence-corrected chi connectivity index (χ3v) is 3.76. The molecular formula is C16H21N3O5S. The third kappa shape index (κ3) is 5.79. The van der Waals surface area contributed by atoms with Crippen molar-refractivity contribution in [2.24, 2.45) is 4.99 Å². The van der Waals surface area contributed by atoms with Crippen LogP contribution in [-0.4, -0.2) is 68.8 Å². The zero-order chi connectivity index (χ0) is 19.0. The fraction of sp³-hybridized carbons (Fsp3) is 0.375. The van der Waals surface area contributed by atoms with Crippen LogP contribution in [0.2, 0.25) is 0 Å². The molecule has 0 spiro atoms. The summed E-state index contributed by atoms with van der Waals surface area (Å²) in [4.78, 5) is 28.1. The van der Waals surface area contributed by atoms with Crippen LogP contribution in [-0.2, 0) is 9.53 Å². The molecule has 25 heavy (non-hydrogen) atoms. The molecule has 0 fully saturated rings. The molecule has 0 aromatic heterocycles. The van der Waals surface area contributed by atoms with Gasteiger partial charge < -0.3 is 19.1 Å². The number of carbonyl (C=O) groups is 2. The highest BCUT2D eigenvalue weighted by molar-refractivity contribution is 8.15. The maximum Gasteiger partial charge on any atom is 0.434 e. The standard InChI is InChI=1S/C16H21N3O5S/c1-19(2)13(20)9-24-11-7-6-10(8-12(11)22-3)14(17)15(25-5)18-16(21)23-4/h6-8,17H,9H2,1-5H3. The Morgan fingerprint density at radius 1 is 1.24 bits per heavy atom.